The van der Waals surface area contributed by atoms with E-state index in [0.717, 1.165) is 23.9 Å². The molecule has 1 saturated heterocycles. The number of amides is 1. The first-order valence-electron chi connectivity index (χ1n) is 7.62. The lowest BCUT2D eigenvalue weighted by Gasteiger charge is -2.27. The van der Waals surface area contributed by atoms with Gasteiger partial charge in [-0.2, -0.15) is 0 Å². The number of piperidine rings is 1. The second-order valence-corrected chi connectivity index (χ2v) is 6.57. The van der Waals surface area contributed by atoms with Gasteiger partial charge in [0.2, 0.25) is 5.91 Å². The first-order valence-corrected chi connectivity index (χ1v) is 8.42. The third kappa shape index (κ3) is 6.67. The molecule has 1 amide bonds. The first kappa shape index (κ1) is 20.2. The highest BCUT2D eigenvalue weighted by molar-refractivity contribution is 9.10. The van der Waals surface area contributed by atoms with Crippen molar-refractivity contribution in [3.05, 3.63) is 28.7 Å². The first-order chi connectivity index (χ1) is 10.6. The number of ether oxygens (including phenoxy) is 1. The second-order valence-electron chi connectivity index (χ2n) is 5.72. The van der Waals surface area contributed by atoms with E-state index >= 15 is 0 Å². The van der Waals surface area contributed by atoms with Crippen LogP contribution in [0.2, 0.25) is 0 Å². The van der Waals surface area contributed by atoms with Crippen LogP contribution in [0.5, 0.6) is 5.75 Å². The van der Waals surface area contributed by atoms with E-state index in [9.17, 15) is 9.90 Å². The lowest BCUT2D eigenvalue weighted by molar-refractivity contribution is -0.126. The number of rotatable bonds is 6. The van der Waals surface area contributed by atoms with Crippen LogP contribution in [0.4, 0.5) is 0 Å². The number of para-hydroxylation sites is 1. The Balaban J connectivity index is 0.00000264. The van der Waals surface area contributed by atoms with Crippen LogP contribution in [0.25, 0.3) is 0 Å². The maximum absolute atomic E-state index is 12.1. The van der Waals surface area contributed by atoms with Gasteiger partial charge < -0.3 is 20.5 Å². The predicted octanol–water partition coefficient (Wildman–Crippen LogP) is 2.11. The molecule has 3 atom stereocenters. The SMILES string of the molecule is C[C@H]1C[C@@H](C(=O)NCC(O)COc2ccccc2Br)CCN1.Cl. The second kappa shape index (κ2) is 10.1. The van der Waals surface area contributed by atoms with E-state index in [-0.39, 0.29) is 37.4 Å². The molecule has 1 aliphatic rings. The van der Waals surface area contributed by atoms with E-state index < -0.39 is 6.10 Å². The standard InChI is InChI=1S/C16H23BrN2O3.ClH/c1-11-8-12(6-7-18-11)16(21)19-9-13(20)10-22-15-5-3-2-4-14(15)17;/h2-5,11-13,18,20H,6-10H2,1H3,(H,19,21);1H/t11-,12-,13?;/m0./s1. The van der Waals surface area contributed by atoms with E-state index in [1.807, 2.05) is 24.3 Å². The smallest absolute Gasteiger partial charge is 0.223 e. The summed E-state index contributed by atoms with van der Waals surface area (Å²) < 4.78 is 6.38. The number of hydrogen-bond acceptors (Lipinski definition) is 4. The molecular formula is C16H24BrClN2O3. The molecule has 0 spiro atoms. The maximum atomic E-state index is 12.1. The number of aliphatic hydroxyl groups excluding tert-OH is 1. The van der Waals surface area contributed by atoms with Crippen LogP contribution < -0.4 is 15.4 Å². The van der Waals surface area contributed by atoms with Crippen LogP contribution in [-0.2, 0) is 4.79 Å². The van der Waals surface area contributed by atoms with Crippen molar-refractivity contribution >= 4 is 34.2 Å². The summed E-state index contributed by atoms with van der Waals surface area (Å²) in [5, 5.41) is 16.1. The van der Waals surface area contributed by atoms with Crippen molar-refractivity contribution in [3.8, 4) is 5.75 Å². The van der Waals surface area contributed by atoms with E-state index in [0.29, 0.717) is 11.8 Å². The van der Waals surface area contributed by atoms with E-state index in [2.05, 4.69) is 33.5 Å². The fraction of sp³-hybridized carbons (Fsp3) is 0.562. The summed E-state index contributed by atoms with van der Waals surface area (Å²) in [6.45, 7) is 3.31. The Morgan fingerprint density at radius 3 is 2.96 bits per heavy atom. The molecule has 0 aliphatic carbocycles. The Bertz CT molecular complexity index is 504. The number of carbonyl (C=O) groups excluding carboxylic acids is 1. The van der Waals surface area contributed by atoms with Crippen LogP contribution >= 0.6 is 28.3 Å². The van der Waals surface area contributed by atoms with Crippen LogP contribution in [0.15, 0.2) is 28.7 Å². The zero-order valence-corrected chi connectivity index (χ0v) is 15.5. The molecule has 23 heavy (non-hydrogen) atoms. The molecule has 2 rings (SSSR count). The Morgan fingerprint density at radius 2 is 2.26 bits per heavy atom. The molecule has 0 aromatic heterocycles. The van der Waals surface area contributed by atoms with Crippen LogP contribution in [-0.4, -0.2) is 42.9 Å². The molecule has 5 nitrogen and oxygen atoms in total. The van der Waals surface area contributed by atoms with Gasteiger partial charge in [0, 0.05) is 18.5 Å². The van der Waals surface area contributed by atoms with E-state index in [4.69, 9.17) is 4.74 Å². The van der Waals surface area contributed by atoms with Gasteiger partial charge in [0.1, 0.15) is 18.5 Å². The average Bonchev–Trinajstić information content (AvgIpc) is 2.52. The highest BCUT2D eigenvalue weighted by atomic mass is 79.9. The van der Waals surface area contributed by atoms with Crippen molar-refractivity contribution in [2.75, 3.05) is 19.7 Å². The summed E-state index contributed by atoms with van der Waals surface area (Å²) in [6.07, 6.45) is 0.963. The molecule has 1 aliphatic heterocycles. The largest absolute Gasteiger partial charge is 0.490 e. The van der Waals surface area contributed by atoms with Gasteiger partial charge in [-0.15, -0.1) is 12.4 Å². The molecule has 1 aromatic carbocycles. The van der Waals surface area contributed by atoms with E-state index in [1.54, 1.807) is 0 Å². The number of halogens is 2. The summed E-state index contributed by atoms with van der Waals surface area (Å²) in [6, 6.07) is 7.83. The van der Waals surface area contributed by atoms with Gasteiger partial charge in [-0.05, 0) is 54.4 Å². The summed E-state index contributed by atoms with van der Waals surface area (Å²) in [7, 11) is 0. The van der Waals surface area contributed by atoms with Crippen molar-refractivity contribution in [1.82, 2.24) is 10.6 Å². The van der Waals surface area contributed by atoms with Gasteiger partial charge in [-0.25, -0.2) is 0 Å². The quantitative estimate of drug-likeness (QED) is 0.675. The van der Waals surface area contributed by atoms with Crippen molar-refractivity contribution in [2.45, 2.75) is 31.9 Å². The van der Waals surface area contributed by atoms with Crippen LogP contribution in [0, 0.1) is 5.92 Å². The normalized spacial score (nSPS) is 21.9. The van der Waals surface area contributed by atoms with Gasteiger partial charge in [-0.3, -0.25) is 4.79 Å². The Hall–Kier alpha value is -0.820. The Kier molecular flexibility index (Phi) is 8.91. The number of hydrogen-bond donors (Lipinski definition) is 3. The topological polar surface area (TPSA) is 70.6 Å². The van der Waals surface area contributed by atoms with Crippen molar-refractivity contribution in [2.24, 2.45) is 5.92 Å². The van der Waals surface area contributed by atoms with Crippen LogP contribution in [0.3, 0.4) is 0 Å². The average molecular weight is 408 g/mol. The zero-order valence-electron chi connectivity index (χ0n) is 13.1. The summed E-state index contributed by atoms with van der Waals surface area (Å²) in [5.41, 5.74) is 0. The maximum Gasteiger partial charge on any atom is 0.223 e. The van der Waals surface area contributed by atoms with E-state index in [1.165, 1.54) is 0 Å². The Labute approximate surface area is 151 Å². The van der Waals surface area contributed by atoms with Crippen molar-refractivity contribution in [3.63, 3.8) is 0 Å². The van der Waals surface area contributed by atoms with Gasteiger partial charge in [0.25, 0.3) is 0 Å². The van der Waals surface area contributed by atoms with Gasteiger partial charge in [0.05, 0.1) is 4.47 Å². The third-order valence-electron chi connectivity index (χ3n) is 3.77. The molecule has 0 radical (unpaired) electrons. The molecule has 7 heteroatoms. The lowest BCUT2D eigenvalue weighted by Crippen LogP contribution is -2.44. The molecular weight excluding hydrogens is 384 g/mol. The molecule has 1 heterocycles. The minimum Gasteiger partial charge on any atom is -0.490 e. The Morgan fingerprint density at radius 1 is 1.52 bits per heavy atom. The monoisotopic (exact) mass is 406 g/mol. The zero-order chi connectivity index (χ0) is 15.9. The molecule has 1 aromatic rings. The van der Waals surface area contributed by atoms with Crippen LogP contribution in [0.1, 0.15) is 19.8 Å². The summed E-state index contributed by atoms with van der Waals surface area (Å²) in [4.78, 5) is 12.1. The number of benzene rings is 1. The van der Waals surface area contributed by atoms with Gasteiger partial charge in [0.15, 0.2) is 0 Å². The molecule has 1 fully saturated rings. The fourth-order valence-electron chi connectivity index (χ4n) is 2.54. The third-order valence-corrected chi connectivity index (χ3v) is 4.43. The minimum absolute atomic E-state index is 0. The molecule has 1 unspecified atom stereocenters. The summed E-state index contributed by atoms with van der Waals surface area (Å²) in [5.74, 6) is 0.737. The molecule has 3 N–H and O–H groups in total. The number of nitrogens with one attached hydrogen (secondary N) is 2. The van der Waals surface area contributed by atoms with Crippen molar-refractivity contribution < 1.29 is 14.6 Å². The number of carbonyl (C=O) groups is 1. The predicted molar refractivity (Wildman–Crippen MR) is 96.1 cm³/mol. The van der Waals surface area contributed by atoms with Gasteiger partial charge in [-0.1, -0.05) is 12.1 Å². The summed E-state index contributed by atoms with van der Waals surface area (Å²) >= 11 is 3.38. The molecule has 0 saturated carbocycles. The van der Waals surface area contributed by atoms with Gasteiger partial charge >= 0.3 is 0 Å². The minimum atomic E-state index is -0.727. The molecule has 130 valence electrons. The lowest BCUT2D eigenvalue weighted by atomic mass is 9.92. The fourth-order valence-corrected chi connectivity index (χ4v) is 2.94. The van der Waals surface area contributed by atoms with Crippen molar-refractivity contribution in [1.29, 1.82) is 0 Å². The molecule has 0 bridgehead atoms. The highest BCUT2D eigenvalue weighted by Gasteiger charge is 2.24. The highest BCUT2D eigenvalue weighted by Crippen LogP contribution is 2.23. The number of aliphatic hydroxyl groups is 1.